The van der Waals surface area contributed by atoms with Crippen molar-refractivity contribution in [1.82, 2.24) is 0 Å². The van der Waals surface area contributed by atoms with Gasteiger partial charge >= 0.3 is 5.97 Å². The summed E-state index contributed by atoms with van der Waals surface area (Å²) >= 11 is 0. The van der Waals surface area contributed by atoms with Crippen LogP contribution in [0.25, 0.3) is 0 Å². The number of esters is 1. The minimum absolute atomic E-state index is 0. The second-order valence-corrected chi connectivity index (χ2v) is 4.49. The predicted molar refractivity (Wildman–Crippen MR) is 51.7 cm³/mol. The Labute approximate surface area is 84.4 Å². The van der Waals surface area contributed by atoms with Gasteiger partial charge in [0.25, 0.3) is 0 Å². The number of rotatable bonds is 3. The Hall–Kier alpha value is -0.280. The van der Waals surface area contributed by atoms with Crippen molar-refractivity contribution in [3.05, 3.63) is 0 Å². The van der Waals surface area contributed by atoms with Crippen LogP contribution in [0.15, 0.2) is 0 Å². The number of carbonyl (C=O) groups excluding carboxylic acids is 1. The predicted octanol–water partition coefficient (Wildman–Crippen LogP) is 1.10. The summed E-state index contributed by atoms with van der Waals surface area (Å²) in [4.78, 5) is 11.0. The van der Waals surface area contributed by atoms with Gasteiger partial charge in [0, 0.05) is 0 Å². The van der Waals surface area contributed by atoms with E-state index in [1.54, 1.807) is 0 Å². The van der Waals surface area contributed by atoms with Crippen LogP contribution in [0.3, 0.4) is 0 Å². The smallest absolute Gasteiger partial charge is 0.306 e. The van der Waals surface area contributed by atoms with Crippen molar-refractivity contribution < 1.29 is 9.53 Å². The van der Waals surface area contributed by atoms with Crippen LogP contribution in [-0.4, -0.2) is 19.6 Å². The summed E-state index contributed by atoms with van der Waals surface area (Å²) in [5.41, 5.74) is 6.33. The Kier molecular flexibility index (Phi) is 2.61. The van der Waals surface area contributed by atoms with Crippen LogP contribution >= 0.6 is 12.4 Å². The zero-order valence-corrected chi connectivity index (χ0v) is 8.65. The van der Waals surface area contributed by atoms with Gasteiger partial charge in [-0.2, -0.15) is 0 Å². The molecule has 0 amide bonds. The highest BCUT2D eigenvalue weighted by molar-refractivity contribution is 5.85. The normalized spacial score (nSPS) is 39.5. The van der Waals surface area contributed by atoms with Gasteiger partial charge in [-0.25, -0.2) is 0 Å². The second kappa shape index (κ2) is 3.14. The lowest BCUT2D eigenvalue weighted by Crippen LogP contribution is -2.65. The third kappa shape index (κ3) is 1.44. The van der Waals surface area contributed by atoms with Gasteiger partial charge in [-0.15, -0.1) is 12.4 Å². The van der Waals surface area contributed by atoms with Crippen LogP contribution in [0, 0.1) is 10.8 Å². The van der Waals surface area contributed by atoms with Crippen LogP contribution in [0.4, 0.5) is 0 Å². The maximum atomic E-state index is 11.0. The van der Waals surface area contributed by atoms with Crippen molar-refractivity contribution in [2.24, 2.45) is 16.6 Å². The SMILES string of the molecule is COC(=O)CC12CC(CN)(C1)C2.Cl. The first-order chi connectivity index (χ1) is 5.64. The summed E-state index contributed by atoms with van der Waals surface area (Å²) in [6, 6.07) is 0. The molecule has 13 heavy (non-hydrogen) atoms. The van der Waals surface area contributed by atoms with E-state index in [-0.39, 0.29) is 18.4 Å². The second-order valence-electron chi connectivity index (χ2n) is 4.49. The van der Waals surface area contributed by atoms with Crippen LogP contribution in [0.5, 0.6) is 0 Å². The summed E-state index contributed by atoms with van der Waals surface area (Å²) in [7, 11) is 1.45. The Bertz CT molecular complexity index is 210. The quantitative estimate of drug-likeness (QED) is 0.703. The fourth-order valence-corrected chi connectivity index (χ4v) is 3.01. The van der Waals surface area contributed by atoms with Gasteiger partial charge < -0.3 is 10.5 Å². The van der Waals surface area contributed by atoms with E-state index >= 15 is 0 Å². The number of methoxy groups -OCH3 is 1. The lowest BCUT2D eigenvalue weighted by Gasteiger charge is -2.70. The average Bonchev–Trinajstić information content (AvgIpc) is 1.93. The molecule has 0 heterocycles. The average molecular weight is 206 g/mol. The van der Waals surface area contributed by atoms with E-state index in [1.165, 1.54) is 7.11 Å². The highest BCUT2D eigenvalue weighted by Gasteiger charge is 2.67. The number of hydrogen-bond acceptors (Lipinski definition) is 3. The summed E-state index contributed by atoms with van der Waals surface area (Å²) < 4.78 is 4.64. The van der Waals surface area contributed by atoms with E-state index in [0.717, 1.165) is 25.8 Å². The van der Waals surface area contributed by atoms with Crippen LogP contribution in [-0.2, 0) is 9.53 Å². The molecule has 0 aliphatic heterocycles. The molecule has 0 spiro atoms. The first-order valence-corrected chi connectivity index (χ1v) is 4.41. The van der Waals surface area contributed by atoms with Crippen molar-refractivity contribution in [2.45, 2.75) is 25.7 Å². The van der Waals surface area contributed by atoms with E-state index in [9.17, 15) is 4.79 Å². The van der Waals surface area contributed by atoms with Crippen molar-refractivity contribution in [1.29, 1.82) is 0 Å². The standard InChI is InChI=1S/C9H15NO2.ClH/c1-12-7(11)2-8-3-9(4-8,5-8)6-10;/h2-6,10H2,1H3;1H. The minimum atomic E-state index is -0.0691. The Morgan fingerprint density at radius 1 is 1.38 bits per heavy atom. The highest BCUT2D eigenvalue weighted by atomic mass is 35.5. The molecule has 0 saturated heterocycles. The molecular formula is C9H16ClNO2. The molecule has 2 N–H and O–H groups in total. The zero-order chi connectivity index (χ0) is 8.82. The molecule has 0 aromatic rings. The molecule has 0 aromatic heterocycles. The number of nitrogens with two attached hydrogens (primary N) is 1. The molecule has 0 unspecified atom stereocenters. The summed E-state index contributed by atoms with van der Waals surface area (Å²) in [5, 5.41) is 0. The molecule has 3 aliphatic rings. The van der Waals surface area contributed by atoms with Gasteiger partial charge in [-0.1, -0.05) is 0 Å². The molecule has 0 radical (unpaired) electrons. The first-order valence-electron chi connectivity index (χ1n) is 4.41. The fourth-order valence-electron chi connectivity index (χ4n) is 3.01. The molecule has 3 saturated carbocycles. The van der Waals surface area contributed by atoms with Gasteiger partial charge in [0.1, 0.15) is 0 Å². The van der Waals surface area contributed by atoms with Crippen molar-refractivity contribution in [2.75, 3.05) is 13.7 Å². The largest absolute Gasteiger partial charge is 0.469 e. The molecule has 0 aromatic carbocycles. The number of carbonyl (C=O) groups is 1. The summed E-state index contributed by atoms with van der Waals surface area (Å²) in [6.45, 7) is 0.788. The van der Waals surface area contributed by atoms with Crippen molar-refractivity contribution >= 4 is 18.4 Å². The minimum Gasteiger partial charge on any atom is -0.469 e. The molecule has 0 atom stereocenters. The monoisotopic (exact) mass is 205 g/mol. The number of ether oxygens (including phenoxy) is 1. The maximum absolute atomic E-state index is 11.0. The third-order valence-electron chi connectivity index (χ3n) is 3.43. The van der Waals surface area contributed by atoms with Crippen LogP contribution < -0.4 is 5.73 Å². The van der Waals surface area contributed by atoms with Crippen LogP contribution in [0.1, 0.15) is 25.7 Å². The van der Waals surface area contributed by atoms with E-state index in [2.05, 4.69) is 4.74 Å². The van der Waals surface area contributed by atoms with Crippen LogP contribution in [0.2, 0.25) is 0 Å². The van der Waals surface area contributed by atoms with Gasteiger partial charge in [0.05, 0.1) is 13.5 Å². The van der Waals surface area contributed by atoms with Gasteiger partial charge in [-0.3, -0.25) is 4.79 Å². The summed E-state index contributed by atoms with van der Waals surface area (Å²) in [5.74, 6) is -0.0691. The number of halogens is 1. The topological polar surface area (TPSA) is 52.3 Å². The fraction of sp³-hybridized carbons (Fsp3) is 0.889. The molecular weight excluding hydrogens is 190 g/mol. The van der Waals surface area contributed by atoms with E-state index in [4.69, 9.17) is 5.73 Å². The van der Waals surface area contributed by atoms with Gasteiger partial charge in [-0.05, 0) is 36.6 Å². The molecule has 4 heteroatoms. The maximum Gasteiger partial charge on any atom is 0.306 e. The van der Waals surface area contributed by atoms with Crippen molar-refractivity contribution in [3.63, 3.8) is 0 Å². The number of hydrogen-bond donors (Lipinski definition) is 1. The van der Waals surface area contributed by atoms with Crippen molar-refractivity contribution in [3.8, 4) is 0 Å². The van der Waals surface area contributed by atoms with E-state index in [1.807, 2.05) is 0 Å². The Morgan fingerprint density at radius 3 is 2.31 bits per heavy atom. The first kappa shape index (κ1) is 10.8. The lowest BCUT2D eigenvalue weighted by atomic mass is 9.34. The summed E-state index contributed by atoms with van der Waals surface area (Å²) in [6.07, 6.45) is 4.04. The highest BCUT2D eigenvalue weighted by Crippen LogP contribution is 2.74. The van der Waals surface area contributed by atoms with Gasteiger partial charge in [0.15, 0.2) is 0 Å². The molecule has 3 rings (SSSR count). The molecule has 2 bridgehead atoms. The molecule has 3 aliphatic carbocycles. The molecule has 3 fully saturated rings. The molecule has 76 valence electrons. The Balaban J connectivity index is 0.000000845. The van der Waals surface area contributed by atoms with Gasteiger partial charge in [0.2, 0.25) is 0 Å². The van der Waals surface area contributed by atoms with E-state index in [0.29, 0.717) is 17.3 Å². The Morgan fingerprint density at radius 2 is 1.92 bits per heavy atom. The third-order valence-corrected chi connectivity index (χ3v) is 3.43. The van der Waals surface area contributed by atoms with E-state index < -0.39 is 0 Å². The molecule has 3 nitrogen and oxygen atoms in total. The lowest BCUT2D eigenvalue weighted by molar-refractivity contribution is -0.207. The zero-order valence-electron chi connectivity index (χ0n) is 7.84.